The van der Waals surface area contributed by atoms with Crippen LogP contribution in [0.4, 0.5) is 0 Å². The standard InChI is InChI=1S/C25H23BN2O2S/c1-24(2)25(3,4)30-26(29-24)18-12-8-11-16-17-13-21-20(14-19(17)27-22(16)18)28-23(31-21)15-9-6-5-7-10-15/h5-10,12-14H,11H2,1-4H3. The zero-order chi connectivity index (χ0) is 21.4. The molecule has 2 aliphatic heterocycles. The molecule has 0 amide bonds. The lowest BCUT2D eigenvalue weighted by molar-refractivity contribution is 0.00578. The van der Waals surface area contributed by atoms with Gasteiger partial charge < -0.3 is 9.31 Å². The van der Waals surface area contributed by atoms with Gasteiger partial charge >= 0.3 is 7.12 Å². The number of aromatic nitrogens is 1. The first kappa shape index (κ1) is 19.2. The Morgan fingerprint density at radius 2 is 1.74 bits per heavy atom. The number of benzene rings is 2. The average Bonchev–Trinajstić information content (AvgIpc) is 3.37. The Kier molecular flexibility index (Phi) is 4.01. The second-order valence-corrected chi connectivity index (χ2v) is 10.3. The molecule has 6 heteroatoms. The van der Waals surface area contributed by atoms with Crippen LogP contribution in [0.2, 0.25) is 0 Å². The Balaban J connectivity index is 1.48. The van der Waals surface area contributed by atoms with Gasteiger partial charge in [0.2, 0.25) is 0 Å². The van der Waals surface area contributed by atoms with Gasteiger partial charge in [-0.15, -0.1) is 11.3 Å². The minimum atomic E-state index is -0.409. The summed E-state index contributed by atoms with van der Waals surface area (Å²) in [6.45, 7) is 8.33. The fourth-order valence-corrected chi connectivity index (χ4v) is 5.30. The van der Waals surface area contributed by atoms with E-state index in [1.807, 2.05) is 6.07 Å². The molecule has 31 heavy (non-hydrogen) atoms. The Bertz CT molecular complexity index is 1400. The molecule has 0 N–H and O–H groups in total. The maximum atomic E-state index is 6.32. The van der Waals surface area contributed by atoms with Gasteiger partial charge in [0.05, 0.1) is 32.5 Å². The third-order valence-electron chi connectivity index (χ3n) is 6.77. The van der Waals surface area contributed by atoms with E-state index >= 15 is 0 Å². The highest BCUT2D eigenvalue weighted by atomic mass is 32.1. The van der Waals surface area contributed by atoms with Crippen molar-refractivity contribution in [2.24, 2.45) is 4.99 Å². The summed E-state index contributed by atoms with van der Waals surface area (Å²) in [5.41, 5.74) is 4.66. The molecule has 0 spiro atoms. The molecule has 154 valence electrons. The first-order valence-electron chi connectivity index (χ1n) is 10.7. The normalized spacial score (nSPS) is 20.9. The summed E-state index contributed by atoms with van der Waals surface area (Å²) < 4.78 is 13.8. The van der Waals surface area contributed by atoms with Crippen molar-refractivity contribution in [3.05, 3.63) is 76.4 Å². The summed E-state index contributed by atoms with van der Waals surface area (Å²) >= 11 is 1.73. The van der Waals surface area contributed by atoms with Crippen LogP contribution in [0.1, 0.15) is 34.1 Å². The highest BCUT2D eigenvalue weighted by molar-refractivity contribution is 7.21. The molecule has 0 atom stereocenters. The van der Waals surface area contributed by atoms with Crippen LogP contribution in [0.5, 0.6) is 0 Å². The quantitative estimate of drug-likeness (QED) is 0.563. The molecule has 0 unspecified atom stereocenters. The third kappa shape index (κ3) is 2.89. The van der Waals surface area contributed by atoms with Crippen molar-refractivity contribution in [3.8, 4) is 10.6 Å². The van der Waals surface area contributed by atoms with E-state index in [1.165, 1.54) is 15.5 Å². The van der Waals surface area contributed by atoms with Gasteiger partial charge in [-0.25, -0.2) is 9.98 Å². The molecule has 3 aromatic rings. The summed E-state index contributed by atoms with van der Waals surface area (Å²) in [4.78, 5) is 9.90. The molecule has 3 heterocycles. The maximum Gasteiger partial charge on any atom is 0.497 e. The molecule has 1 aliphatic carbocycles. The van der Waals surface area contributed by atoms with Gasteiger partial charge in [0.15, 0.2) is 0 Å². The van der Waals surface area contributed by atoms with Crippen molar-refractivity contribution < 1.29 is 9.31 Å². The topological polar surface area (TPSA) is 43.7 Å². The fourth-order valence-electron chi connectivity index (χ4n) is 4.31. The first-order valence-corrected chi connectivity index (χ1v) is 11.5. The van der Waals surface area contributed by atoms with Crippen molar-refractivity contribution in [1.82, 2.24) is 4.98 Å². The molecule has 2 aromatic carbocycles. The summed E-state index contributed by atoms with van der Waals surface area (Å²) in [6, 6.07) is 14.7. The van der Waals surface area contributed by atoms with Gasteiger partial charge in [0.25, 0.3) is 0 Å². The largest absolute Gasteiger partial charge is 0.497 e. The Morgan fingerprint density at radius 1 is 1.00 bits per heavy atom. The number of rotatable bonds is 2. The molecule has 0 radical (unpaired) electrons. The highest BCUT2D eigenvalue weighted by Gasteiger charge is 2.53. The van der Waals surface area contributed by atoms with Crippen LogP contribution < -0.4 is 10.6 Å². The van der Waals surface area contributed by atoms with Crippen LogP contribution >= 0.6 is 11.3 Å². The third-order valence-corrected chi connectivity index (χ3v) is 7.84. The maximum absolute atomic E-state index is 6.32. The van der Waals surface area contributed by atoms with Crippen LogP contribution in [-0.2, 0) is 9.31 Å². The zero-order valence-electron chi connectivity index (χ0n) is 18.1. The number of fused-ring (bicyclic) bond motifs is 3. The van der Waals surface area contributed by atoms with Crippen molar-refractivity contribution in [2.75, 3.05) is 0 Å². The minimum Gasteiger partial charge on any atom is -0.399 e. The van der Waals surface area contributed by atoms with Crippen LogP contribution in [0.3, 0.4) is 0 Å². The lowest BCUT2D eigenvalue weighted by Crippen LogP contribution is -2.41. The lowest BCUT2D eigenvalue weighted by Gasteiger charge is -2.32. The second-order valence-electron chi connectivity index (χ2n) is 9.31. The number of hydrogen-bond acceptors (Lipinski definition) is 5. The van der Waals surface area contributed by atoms with Gasteiger partial charge in [-0.3, -0.25) is 0 Å². The van der Waals surface area contributed by atoms with E-state index in [0.717, 1.165) is 39.0 Å². The SMILES string of the molecule is CC1(C)OB(C2=C3N=c4cc5nc(-c6ccccc6)sc5cc4=C3CC=C2)OC1(C)C. The summed E-state index contributed by atoms with van der Waals surface area (Å²) in [5.74, 6) is 0. The van der Waals surface area contributed by atoms with Crippen LogP contribution in [0.25, 0.3) is 26.4 Å². The second kappa shape index (κ2) is 6.48. The van der Waals surface area contributed by atoms with Crippen molar-refractivity contribution in [1.29, 1.82) is 0 Å². The smallest absolute Gasteiger partial charge is 0.399 e. The van der Waals surface area contributed by atoms with E-state index in [2.05, 4.69) is 76.2 Å². The number of hydrogen-bond donors (Lipinski definition) is 0. The first-order chi connectivity index (χ1) is 14.8. The number of nitrogens with zero attached hydrogens (tertiary/aromatic N) is 2. The van der Waals surface area contributed by atoms with E-state index in [0.29, 0.717) is 0 Å². The van der Waals surface area contributed by atoms with E-state index < -0.39 is 7.12 Å². The Morgan fingerprint density at radius 3 is 2.48 bits per heavy atom. The van der Waals surface area contributed by atoms with Crippen LogP contribution in [-0.4, -0.2) is 23.3 Å². The molecule has 6 rings (SSSR count). The molecule has 0 saturated carbocycles. The van der Waals surface area contributed by atoms with E-state index in [9.17, 15) is 0 Å². The van der Waals surface area contributed by atoms with Gasteiger partial charge in [-0.1, -0.05) is 42.5 Å². The van der Waals surface area contributed by atoms with Gasteiger partial charge in [0, 0.05) is 16.3 Å². The summed E-state index contributed by atoms with van der Waals surface area (Å²) in [7, 11) is -0.409. The summed E-state index contributed by atoms with van der Waals surface area (Å²) in [5, 5.41) is 3.23. The monoisotopic (exact) mass is 426 g/mol. The summed E-state index contributed by atoms with van der Waals surface area (Å²) in [6.07, 6.45) is 5.17. The van der Waals surface area contributed by atoms with Gasteiger partial charge in [-0.05, 0) is 51.8 Å². The highest BCUT2D eigenvalue weighted by Crippen LogP contribution is 2.41. The molecular weight excluding hydrogens is 403 g/mol. The van der Waals surface area contributed by atoms with Crippen molar-refractivity contribution in [2.45, 2.75) is 45.3 Å². The van der Waals surface area contributed by atoms with Gasteiger partial charge in [0.1, 0.15) is 5.01 Å². The van der Waals surface area contributed by atoms with Crippen molar-refractivity contribution >= 4 is 34.2 Å². The predicted octanol–water partition coefficient (Wildman–Crippen LogP) is 4.59. The van der Waals surface area contributed by atoms with Gasteiger partial charge in [-0.2, -0.15) is 0 Å². The molecule has 4 nitrogen and oxygen atoms in total. The molecule has 0 bridgehead atoms. The molecular formula is C25H23BN2O2S. The van der Waals surface area contributed by atoms with E-state index in [1.54, 1.807) is 11.3 Å². The molecule has 1 aromatic heterocycles. The predicted molar refractivity (Wildman–Crippen MR) is 126 cm³/mol. The minimum absolute atomic E-state index is 0.373. The van der Waals surface area contributed by atoms with Crippen LogP contribution in [0, 0.1) is 0 Å². The van der Waals surface area contributed by atoms with E-state index in [-0.39, 0.29) is 11.2 Å². The molecule has 1 saturated heterocycles. The zero-order valence-corrected chi connectivity index (χ0v) is 18.9. The Hall–Kier alpha value is -2.54. The van der Waals surface area contributed by atoms with Crippen LogP contribution in [0.15, 0.2) is 70.8 Å². The Labute approximate surface area is 185 Å². The van der Waals surface area contributed by atoms with E-state index in [4.69, 9.17) is 19.3 Å². The fraction of sp³-hybridized carbons (Fsp3) is 0.280. The van der Waals surface area contributed by atoms with Crippen molar-refractivity contribution in [3.63, 3.8) is 0 Å². The molecule has 3 aliphatic rings. The number of thiazole rings is 1. The molecule has 1 fully saturated rings. The average molecular weight is 426 g/mol. The number of allylic oxidation sites excluding steroid dienone is 4. The lowest BCUT2D eigenvalue weighted by atomic mass is 9.73.